The number of rotatable bonds is 9. The predicted octanol–water partition coefficient (Wildman–Crippen LogP) is 11.0. The van der Waals surface area contributed by atoms with Gasteiger partial charge in [0.05, 0.1) is 0 Å². The van der Waals surface area contributed by atoms with E-state index in [0.717, 1.165) is 53.3 Å². The van der Waals surface area contributed by atoms with Gasteiger partial charge in [0.15, 0.2) is 0 Å². The molecule has 0 radical (unpaired) electrons. The van der Waals surface area contributed by atoms with Crippen molar-refractivity contribution in [2.75, 3.05) is 0 Å². The summed E-state index contributed by atoms with van der Waals surface area (Å²) in [5.41, 5.74) is 0. The van der Waals surface area contributed by atoms with Gasteiger partial charge in [0.2, 0.25) is 0 Å². The van der Waals surface area contributed by atoms with Crippen molar-refractivity contribution in [1.29, 1.82) is 0 Å². The highest BCUT2D eigenvalue weighted by Crippen LogP contribution is 2.54. The summed E-state index contributed by atoms with van der Waals surface area (Å²) >= 11 is 0. The number of hydrogen-bond donors (Lipinski definition) is 0. The Hall–Kier alpha value is 0. The molecule has 4 atom stereocenters. The van der Waals surface area contributed by atoms with Crippen LogP contribution in [0.25, 0.3) is 0 Å². The quantitative estimate of drug-likeness (QED) is 0.315. The van der Waals surface area contributed by atoms with Crippen LogP contribution in [0, 0.1) is 53.3 Å². The van der Waals surface area contributed by atoms with Crippen LogP contribution in [0.1, 0.15) is 161 Å². The van der Waals surface area contributed by atoms with Crippen molar-refractivity contribution in [2.24, 2.45) is 53.3 Å². The van der Waals surface area contributed by atoms with Crippen molar-refractivity contribution in [2.45, 2.75) is 161 Å². The van der Waals surface area contributed by atoms with E-state index in [1.54, 1.807) is 109 Å². The van der Waals surface area contributed by atoms with Crippen LogP contribution in [0.5, 0.6) is 0 Å². The van der Waals surface area contributed by atoms with E-state index in [9.17, 15) is 0 Å². The van der Waals surface area contributed by atoms with Gasteiger partial charge in [-0.05, 0) is 78.9 Å². The van der Waals surface area contributed by atoms with Crippen molar-refractivity contribution < 1.29 is 0 Å². The lowest BCUT2D eigenvalue weighted by Crippen LogP contribution is -2.31. The van der Waals surface area contributed by atoms with Gasteiger partial charge in [0.25, 0.3) is 0 Å². The van der Waals surface area contributed by atoms with Crippen LogP contribution in [0.2, 0.25) is 0 Å². The molecule has 0 nitrogen and oxygen atoms in total. The Morgan fingerprint density at radius 1 is 0.500 bits per heavy atom. The van der Waals surface area contributed by atoms with E-state index in [2.05, 4.69) is 6.92 Å². The highest BCUT2D eigenvalue weighted by atomic mass is 14.5. The topological polar surface area (TPSA) is 0 Å². The molecule has 0 aliphatic heterocycles. The molecular formula is C34H60. The molecular weight excluding hydrogens is 408 g/mol. The molecule has 0 aromatic heterocycles. The molecule has 0 amide bonds. The molecule has 5 aliphatic rings. The molecule has 34 heavy (non-hydrogen) atoms. The van der Waals surface area contributed by atoms with Crippen LogP contribution >= 0.6 is 0 Å². The Kier molecular flexibility index (Phi) is 9.80. The Morgan fingerprint density at radius 2 is 1.00 bits per heavy atom. The average molecular weight is 469 g/mol. The smallest absolute Gasteiger partial charge is 0.0326 e. The molecule has 0 N–H and O–H groups in total. The zero-order valence-corrected chi connectivity index (χ0v) is 23.2. The fourth-order valence-electron chi connectivity index (χ4n) is 10.7. The minimum atomic E-state index is 0.980. The molecule has 5 aliphatic carbocycles. The molecule has 5 rings (SSSR count). The zero-order chi connectivity index (χ0) is 23.2. The Morgan fingerprint density at radius 3 is 1.59 bits per heavy atom. The molecule has 0 spiro atoms. The molecule has 196 valence electrons. The van der Waals surface area contributed by atoms with Crippen LogP contribution in [0.15, 0.2) is 0 Å². The van der Waals surface area contributed by atoms with Crippen LogP contribution in [-0.4, -0.2) is 0 Å². The second-order valence-electron chi connectivity index (χ2n) is 14.4. The summed E-state index contributed by atoms with van der Waals surface area (Å²) in [5.74, 6) is 9.82. The van der Waals surface area contributed by atoms with Gasteiger partial charge >= 0.3 is 0 Å². The van der Waals surface area contributed by atoms with E-state index in [1.165, 1.54) is 44.9 Å². The third kappa shape index (κ3) is 6.46. The van der Waals surface area contributed by atoms with E-state index in [0.29, 0.717) is 0 Å². The van der Waals surface area contributed by atoms with Crippen molar-refractivity contribution in [3.63, 3.8) is 0 Å². The first kappa shape index (κ1) is 25.6. The Bertz CT molecular complexity index is 537. The molecule has 0 saturated heterocycles. The average Bonchev–Trinajstić information content (AvgIpc) is 3.56. The minimum Gasteiger partial charge on any atom is -0.0625 e. The van der Waals surface area contributed by atoms with E-state index in [4.69, 9.17) is 0 Å². The first-order valence-corrected chi connectivity index (χ1v) is 16.8. The first-order chi connectivity index (χ1) is 16.8. The van der Waals surface area contributed by atoms with Gasteiger partial charge in [-0.25, -0.2) is 0 Å². The van der Waals surface area contributed by atoms with Gasteiger partial charge in [-0.3, -0.25) is 0 Å². The molecule has 4 unspecified atom stereocenters. The summed E-state index contributed by atoms with van der Waals surface area (Å²) in [6.07, 6.45) is 37.5. The Balaban J connectivity index is 1.19. The van der Waals surface area contributed by atoms with Gasteiger partial charge in [-0.15, -0.1) is 0 Å². The third-order valence-electron chi connectivity index (χ3n) is 12.3. The molecule has 0 aromatic rings. The van der Waals surface area contributed by atoms with Crippen LogP contribution < -0.4 is 0 Å². The van der Waals surface area contributed by atoms with E-state index >= 15 is 0 Å². The summed E-state index contributed by atoms with van der Waals surface area (Å²) in [4.78, 5) is 0. The van der Waals surface area contributed by atoms with E-state index < -0.39 is 0 Å². The van der Waals surface area contributed by atoms with Gasteiger partial charge in [-0.1, -0.05) is 135 Å². The van der Waals surface area contributed by atoms with Gasteiger partial charge in [0, 0.05) is 0 Å². The monoisotopic (exact) mass is 468 g/mol. The molecule has 0 heteroatoms. The maximum Gasteiger partial charge on any atom is -0.0326 e. The highest BCUT2D eigenvalue weighted by molar-refractivity contribution is 4.94. The van der Waals surface area contributed by atoms with Crippen molar-refractivity contribution in [3.8, 4) is 0 Å². The fourth-order valence-corrected chi connectivity index (χ4v) is 10.7. The summed E-state index contributed by atoms with van der Waals surface area (Å²) in [5, 5.41) is 0. The van der Waals surface area contributed by atoms with Gasteiger partial charge < -0.3 is 0 Å². The summed E-state index contributed by atoms with van der Waals surface area (Å²) < 4.78 is 0. The van der Waals surface area contributed by atoms with Crippen molar-refractivity contribution >= 4 is 0 Å². The van der Waals surface area contributed by atoms with Crippen LogP contribution in [0.3, 0.4) is 0 Å². The summed E-state index contributed by atoms with van der Waals surface area (Å²) in [6, 6.07) is 0. The summed E-state index contributed by atoms with van der Waals surface area (Å²) in [6.45, 7) is 2.68. The minimum absolute atomic E-state index is 0.980. The second-order valence-corrected chi connectivity index (χ2v) is 14.4. The number of hydrogen-bond acceptors (Lipinski definition) is 0. The van der Waals surface area contributed by atoms with E-state index in [1.807, 2.05) is 0 Å². The normalized spacial score (nSPS) is 34.2. The molecule has 5 fully saturated rings. The second kappa shape index (κ2) is 13.0. The fraction of sp³-hybridized carbons (Fsp3) is 1.00. The molecule has 5 saturated carbocycles. The predicted molar refractivity (Wildman–Crippen MR) is 148 cm³/mol. The van der Waals surface area contributed by atoms with Crippen LogP contribution in [-0.2, 0) is 0 Å². The first-order valence-electron chi connectivity index (χ1n) is 16.8. The molecule has 0 aromatic carbocycles. The lowest BCUT2D eigenvalue weighted by molar-refractivity contribution is 0.105. The van der Waals surface area contributed by atoms with Gasteiger partial charge in [-0.2, -0.15) is 0 Å². The largest absolute Gasteiger partial charge is 0.0625 e. The molecule has 0 heterocycles. The lowest BCUT2D eigenvalue weighted by Gasteiger charge is -2.40. The molecule has 0 bridgehead atoms. The highest BCUT2D eigenvalue weighted by Gasteiger charge is 2.44. The SMILES string of the molecule is CC(CCC(C1CCCCC1)C1CCCCC1)CC1CCC(C2CCCC2)C1C1CCCCC1. The zero-order valence-electron chi connectivity index (χ0n) is 23.2. The van der Waals surface area contributed by atoms with Crippen molar-refractivity contribution in [3.05, 3.63) is 0 Å². The standard InChI is InChI=1S/C34H60/c1-26(21-23-32(27-13-5-2-6-14-27)28-15-7-3-8-16-28)25-31-22-24-33(29-17-11-12-18-29)34(31)30-19-9-4-10-20-30/h26-34H,2-25H2,1H3. The summed E-state index contributed by atoms with van der Waals surface area (Å²) in [7, 11) is 0. The van der Waals surface area contributed by atoms with Crippen LogP contribution in [0.4, 0.5) is 0 Å². The third-order valence-corrected chi connectivity index (χ3v) is 12.3. The van der Waals surface area contributed by atoms with Gasteiger partial charge in [0.1, 0.15) is 0 Å². The lowest BCUT2D eigenvalue weighted by atomic mass is 9.66. The van der Waals surface area contributed by atoms with Crippen molar-refractivity contribution in [1.82, 2.24) is 0 Å². The van der Waals surface area contributed by atoms with E-state index in [-0.39, 0.29) is 0 Å². The maximum atomic E-state index is 2.68. The Labute approximate surface area is 214 Å². The maximum absolute atomic E-state index is 2.68.